The van der Waals surface area contributed by atoms with Crippen LogP contribution in [0.4, 0.5) is 14.5 Å². The first-order valence-corrected chi connectivity index (χ1v) is 12.7. The average Bonchev–Trinajstić information content (AvgIpc) is 3.44. The van der Waals surface area contributed by atoms with Crippen molar-refractivity contribution >= 4 is 38.4 Å². The zero-order valence-electron chi connectivity index (χ0n) is 19.3. The number of fused-ring (bicyclic) bond motifs is 1. The molecule has 3 aromatic carbocycles. The molecular weight excluding hydrogens is 504 g/mol. The molecular formula is C26H21F2N3O5S. The molecule has 0 radical (unpaired) electrons. The maximum absolute atomic E-state index is 13.4. The van der Waals surface area contributed by atoms with Gasteiger partial charge in [-0.2, -0.15) is 0 Å². The Morgan fingerprint density at radius 3 is 2.41 bits per heavy atom. The minimum Gasteiger partial charge on any atom is -0.372 e. The lowest BCUT2D eigenvalue weighted by atomic mass is 10.0. The van der Waals surface area contributed by atoms with Gasteiger partial charge in [0.25, 0.3) is 21.8 Å². The molecule has 1 unspecified atom stereocenters. The van der Waals surface area contributed by atoms with Crippen molar-refractivity contribution in [1.82, 2.24) is 9.29 Å². The number of carbonyl (C=O) groups excluding carboxylic acids is 2. The Labute approximate surface area is 210 Å². The lowest BCUT2D eigenvalue weighted by molar-refractivity contribution is -0.149. The fourth-order valence-corrected chi connectivity index (χ4v) is 5.77. The second kappa shape index (κ2) is 9.09. The number of benzene rings is 3. The van der Waals surface area contributed by atoms with E-state index in [2.05, 4.69) is 5.32 Å². The second-order valence-electron chi connectivity index (χ2n) is 8.70. The summed E-state index contributed by atoms with van der Waals surface area (Å²) in [5.41, 5.74) is -1.45. The summed E-state index contributed by atoms with van der Waals surface area (Å²) in [6.07, 6.45) is 1.22. The molecule has 0 bridgehead atoms. The van der Waals surface area contributed by atoms with Crippen LogP contribution in [0.15, 0.2) is 83.9 Å². The predicted octanol–water partition coefficient (Wildman–Crippen LogP) is 2.94. The van der Waals surface area contributed by atoms with E-state index in [1.54, 1.807) is 36.4 Å². The topological polar surface area (TPSA) is 109 Å². The molecule has 37 heavy (non-hydrogen) atoms. The molecule has 190 valence electrons. The highest BCUT2D eigenvalue weighted by atomic mass is 32.2. The van der Waals surface area contributed by atoms with Crippen molar-refractivity contribution in [2.24, 2.45) is 0 Å². The van der Waals surface area contributed by atoms with Gasteiger partial charge in [0.05, 0.1) is 10.4 Å². The van der Waals surface area contributed by atoms with Crippen LogP contribution < -0.4 is 10.2 Å². The Hall–Kier alpha value is -4.09. The molecule has 4 aromatic rings. The van der Waals surface area contributed by atoms with E-state index in [0.717, 1.165) is 16.1 Å². The summed E-state index contributed by atoms with van der Waals surface area (Å²) in [7, 11) is -3.83. The molecule has 1 atom stereocenters. The van der Waals surface area contributed by atoms with Crippen molar-refractivity contribution in [3.05, 3.63) is 96.2 Å². The zero-order valence-corrected chi connectivity index (χ0v) is 20.1. The molecule has 1 fully saturated rings. The summed E-state index contributed by atoms with van der Waals surface area (Å²) >= 11 is 0. The lowest BCUT2D eigenvalue weighted by Crippen LogP contribution is -2.52. The number of anilines is 1. The maximum Gasteiger partial charge on any atom is 0.268 e. The lowest BCUT2D eigenvalue weighted by Gasteiger charge is -2.22. The molecule has 11 heteroatoms. The number of aliphatic hydroxyl groups is 1. The maximum atomic E-state index is 13.4. The summed E-state index contributed by atoms with van der Waals surface area (Å²) in [5.74, 6) is -3.46. The van der Waals surface area contributed by atoms with Gasteiger partial charge in [0.2, 0.25) is 5.60 Å². The Morgan fingerprint density at radius 1 is 1.00 bits per heavy atom. The summed E-state index contributed by atoms with van der Waals surface area (Å²) in [6, 6.07) is 17.0. The smallest absolute Gasteiger partial charge is 0.268 e. The monoisotopic (exact) mass is 525 g/mol. The summed E-state index contributed by atoms with van der Waals surface area (Å²) in [6.45, 7) is -0.246. The SMILES string of the molecule is O=C(NCc1cc(F)cc(F)c1)C1(O)CCN(c2ccc3c(ccn3S(=O)(=O)c3ccccc3)c2)C1=O. The van der Waals surface area contributed by atoms with Crippen LogP contribution in [0.25, 0.3) is 10.9 Å². The van der Waals surface area contributed by atoms with E-state index >= 15 is 0 Å². The molecule has 2 amide bonds. The molecule has 2 N–H and O–H groups in total. The van der Waals surface area contributed by atoms with E-state index in [9.17, 15) is 31.9 Å². The van der Waals surface area contributed by atoms with Crippen molar-refractivity contribution in [3.8, 4) is 0 Å². The van der Waals surface area contributed by atoms with Crippen LogP contribution in [0.3, 0.4) is 0 Å². The molecule has 2 heterocycles. The van der Waals surface area contributed by atoms with E-state index in [1.807, 2.05) is 0 Å². The Morgan fingerprint density at radius 2 is 1.70 bits per heavy atom. The van der Waals surface area contributed by atoms with Crippen molar-refractivity contribution in [2.75, 3.05) is 11.4 Å². The van der Waals surface area contributed by atoms with Crippen LogP contribution >= 0.6 is 0 Å². The largest absolute Gasteiger partial charge is 0.372 e. The molecule has 1 aliphatic rings. The molecule has 1 aromatic heterocycles. The number of halogens is 2. The third kappa shape index (κ3) is 4.36. The highest BCUT2D eigenvalue weighted by Gasteiger charge is 2.51. The Balaban J connectivity index is 1.36. The normalized spacial score (nSPS) is 17.9. The highest BCUT2D eigenvalue weighted by molar-refractivity contribution is 7.90. The third-order valence-corrected chi connectivity index (χ3v) is 8.00. The van der Waals surface area contributed by atoms with Crippen molar-refractivity contribution < 1.29 is 31.9 Å². The first-order chi connectivity index (χ1) is 17.6. The quantitative estimate of drug-likeness (QED) is 0.377. The fourth-order valence-electron chi connectivity index (χ4n) is 4.39. The number of hydrogen-bond acceptors (Lipinski definition) is 5. The van der Waals surface area contributed by atoms with Gasteiger partial charge >= 0.3 is 0 Å². The molecule has 5 rings (SSSR count). The average molecular weight is 526 g/mol. The van der Waals surface area contributed by atoms with Crippen LogP contribution in [0.1, 0.15) is 12.0 Å². The number of carbonyl (C=O) groups is 2. The predicted molar refractivity (Wildman–Crippen MR) is 131 cm³/mol. The fraction of sp³-hybridized carbons (Fsp3) is 0.154. The van der Waals surface area contributed by atoms with Gasteiger partial charge in [0.1, 0.15) is 11.6 Å². The van der Waals surface area contributed by atoms with Crippen LogP contribution in [0.5, 0.6) is 0 Å². The van der Waals surface area contributed by atoms with E-state index in [-0.39, 0.29) is 30.0 Å². The zero-order chi connectivity index (χ0) is 26.4. The van der Waals surface area contributed by atoms with Gasteiger partial charge in [-0.1, -0.05) is 18.2 Å². The van der Waals surface area contributed by atoms with Gasteiger partial charge in [-0.3, -0.25) is 9.59 Å². The minimum atomic E-state index is -3.83. The van der Waals surface area contributed by atoms with Crippen LogP contribution in [0, 0.1) is 11.6 Å². The van der Waals surface area contributed by atoms with Crippen LogP contribution in [-0.2, 0) is 26.2 Å². The van der Waals surface area contributed by atoms with Crippen molar-refractivity contribution in [3.63, 3.8) is 0 Å². The number of nitrogens with zero attached hydrogens (tertiary/aromatic N) is 2. The van der Waals surface area contributed by atoms with E-state index in [1.165, 1.54) is 29.3 Å². The first kappa shape index (κ1) is 24.6. The summed E-state index contributed by atoms with van der Waals surface area (Å²) in [5, 5.41) is 13.8. The van der Waals surface area contributed by atoms with Crippen LogP contribution in [-0.4, -0.2) is 41.5 Å². The van der Waals surface area contributed by atoms with Crippen molar-refractivity contribution in [1.29, 1.82) is 0 Å². The third-order valence-electron chi connectivity index (χ3n) is 6.30. The number of hydrogen-bond donors (Lipinski definition) is 2. The Kier molecular flexibility index (Phi) is 6.04. The van der Waals surface area contributed by atoms with Crippen LogP contribution in [0.2, 0.25) is 0 Å². The number of rotatable bonds is 6. The van der Waals surface area contributed by atoms with Crippen molar-refractivity contribution in [2.45, 2.75) is 23.5 Å². The van der Waals surface area contributed by atoms with Gasteiger partial charge in [-0.25, -0.2) is 21.2 Å². The number of amides is 2. The van der Waals surface area contributed by atoms with Gasteiger partial charge in [0, 0.05) is 42.8 Å². The minimum absolute atomic E-state index is 0.0336. The van der Waals surface area contributed by atoms with Gasteiger partial charge in [0.15, 0.2) is 0 Å². The molecule has 0 spiro atoms. The summed E-state index contributed by atoms with van der Waals surface area (Å²) < 4.78 is 54.0. The van der Waals surface area contributed by atoms with E-state index in [4.69, 9.17) is 0 Å². The van der Waals surface area contributed by atoms with Gasteiger partial charge in [-0.05, 0) is 54.1 Å². The van der Waals surface area contributed by atoms with Gasteiger partial charge < -0.3 is 15.3 Å². The number of aromatic nitrogens is 1. The number of nitrogens with one attached hydrogen (secondary N) is 1. The molecule has 0 saturated carbocycles. The van der Waals surface area contributed by atoms with Gasteiger partial charge in [-0.15, -0.1) is 0 Å². The molecule has 8 nitrogen and oxygen atoms in total. The van der Waals surface area contributed by atoms with E-state index in [0.29, 0.717) is 22.7 Å². The second-order valence-corrected chi connectivity index (χ2v) is 10.5. The van der Waals surface area contributed by atoms with E-state index < -0.39 is 39.1 Å². The highest BCUT2D eigenvalue weighted by Crippen LogP contribution is 2.32. The first-order valence-electron chi connectivity index (χ1n) is 11.3. The Bertz CT molecular complexity index is 1620. The summed E-state index contributed by atoms with van der Waals surface area (Å²) in [4.78, 5) is 27.1. The molecule has 0 aliphatic carbocycles. The molecule has 1 saturated heterocycles. The molecule has 1 aliphatic heterocycles. The standard InChI is InChI=1S/C26H21F2N3O5S/c27-19-12-17(13-20(28)15-19)16-29-24(32)26(34)9-11-30(25(26)33)21-6-7-23-18(14-21)8-10-31(23)37(35,36)22-4-2-1-3-5-22/h1-8,10,12-15,34H,9,11,16H2,(H,29,32).